The second kappa shape index (κ2) is 5.99. The molecule has 17 heavy (non-hydrogen) atoms. The van der Waals surface area contributed by atoms with E-state index in [4.69, 9.17) is 12.2 Å². The fourth-order valence-corrected chi connectivity index (χ4v) is 3.69. The minimum atomic E-state index is -3.33. The Morgan fingerprint density at radius 2 is 2.24 bits per heavy atom. The van der Waals surface area contributed by atoms with Crippen LogP contribution in [0, 0.1) is 0 Å². The molecular weight excluding hydrogens is 342 g/mol. The van der Waals surface area contributed by atoms with E-state index in [-0.39, 0.29) is 10.6 Å². The summed E-state index contributed by atoms with van der Waals surface area (Å²) in [7, 11) is -3.33. The van der Waals surface area contributed by atoms with Gasteiger partial charge >= 0.3 is 0 Å². The fraction of sp³-hybridized carbons (Fsp3) is 0.100. The van der Waals surface area contributed by atoms with E-state index in [1.807, 2.05) is 0 Å². The van der Waals surface area contributed by atoms with Crippen LogP contribution >= 0.6 is 40.8 Å². The number of hydrogen-bond donors (Lipinski definition) is 2. The standard InChI is InChI=1S/C10H10BrNO2S3/c1-2-5-17(13,14)9-4-3-7(6-8(9)11)12-10(15)16/h2-4,6H,1,5H2,(H2,12,15,16). The zero-order chi connectivity index (χ0) is 13.1. The number of rotatable bonds is 4. The third-order valence-electron chi connectivity index (χ3n) is 1.86. The van der Waals surface area contributed by atoms with Gasteiger partial charge in [0.25, 0.3) is 0 Å². The molecule has 0 aliphatic heterocycles. The van der Waals surface area contributed by atoms with Gasteiger partial charge in [0.05, 0.1) is 10.6 Å². The molecule has 7 heteroatoms. The number of thiocarbonyl (C=S) groups is 1. The fourth-order valence-electron chi connectivity index (χ4n) is 1.20. The van der Waals surface area contributed by atoms with Crippen molar-refractivity contribution in [2.24, 2.45) is 0 Å². The largest absolute Gasteiger partial charge is 0.341 e. The lowest BCUT2D eigenvalue weighted by Crippen LogP contribution is -2.06. The highest BCUT2D eigenvalue weighted by Gasteiger charge is 2.16. The summed E-state index contributed by atoms with van der Waals surface area (Å²) in [6.45, 7) is 3.42. The highest BCUT2D eigenvalue weighted by atomic mass is 79.9. The van der Waals surface area contributed by atoms with Gasteiger partial charge in [-0.1, -0.05) is 18.3 Å². The molecule has 3 nitrogen and oxygen atoms in total. The van der Waals surface area contributed by atoms with Gasteiger partial charge in [0.15, 0.2) is 9.84 Å². The van der Waals surface area contributed by atoms with E-state index in [2.05, 4.69) is 40.5 Å². The van der Waals surface area contributed by atoms with Crippen LogP contribution in [0.1, 0.15) is 0 Å². The number of nitrogens with one attached hydrogen (secondary N) is 1. The normalized spacial score (nSPS) is 10.9. The van der Waals surface area contributed by atoms with Crippen LogP contribution in [0.25, 0.3) is 0 Å². The Kier molecular flexibility index (Phi) is 5.18. The van der Waals surface area contributed by atoms with Crippen molar-refractivity contribution in [3.63, 3.8) is 0 Å². The Bertz CT molecular complexity index is 555. The van der Waals surface area contributed by atoms with Gasteiger partial charge in [0.1, 0.15) is 4.32 Å². The number of halogens is 1. The molecule has 0 spiro atoms. The van der Waals surface area contributed by atoms with E-state index in [0.29, 0.717) is 14.5 Å². The molecule has 0 radical (unpaired) electrons. The third-order valence-corrected chi connectivity index (χ3v) is 4.69. The van der Waals surface area contributed by atoms with Crippen molar-refractivity contribution in [1.29, 1.82) is 0 Å². The van der Waals surface area contributed by atoms with Gasteiger partial charge in [-0.25, -0.2) is 8.42 Å². The Morgan fingerprint density at radius 1 is 1.59 bits per heavy atom. The van der Waals surface area contributed by atoms with Crippen LogP contribution in [0.5, 0.6) is 0 Å². The Hall–Kier alpha value is -0.370. The van der Waals surface area contributed by atoms with E-state index in [1.54, 1.807) is 12.1 Å². The first kappa shape index (κ1) is 14.7. The molecule has 92 valence electrons. The van der Waals surface area contributed by atoms with Gasteiger partial charge in [-0.15, -0.1) is 19.2 Å². The van der Waals surface area contributed by atoms with E-state index >= 15 is 0 Å². The molecule has 0 aliphatic carbocycles. The van der Waals surface area contributed by atoms with Crippen LogP contribution in [-0.2, 0) is 9.84 Å². The highest BCUT2D eigenvalue weighted by molar-refractivity contribution is 9.10. The predicted octanol–water partition coefficient (Wildman–Crippen LogP) is 3.04. The van der Waals surface area contributed by atoms with Crippen molar-refractivity contribution in [2.45, 2.75) is 4.90 Å². The number of thiol groups is 1. The average Bonchev–Trinajstić information content (AvgIpc) is 2.15. The lowest BCUT2D eigenvalue weighted by Gasteiger charge is -2.08. The molecule has 1 aromatic rings. The quantitative estimate of drug-likeness (QED) is 0.497. The highest BCUT2D eigenvalue weighted by Crippen LogP contribution is 2.26. The van der Waals surface area contributed by atoms with Gasteiger partial charge in [-0.3, -0.25) is 0 Å². The van der Waals surface area contributed by atoms with Crippen molar-refractivity contribution in [2.75, 3.05) is 11.1 Å². The predicted molar refractivity (Wildman–Crippen MR) is 81.6 cm³/mol. The number of benzene rings is 1. The van der Waals surface area contributed by atoms with Gasteiger partial charge in [0, 0.05) is 10.2 Å². The molecule has 0 fully saturated rings. The first-order valence-electron chi connectivity index (χ1n) is 4.50. The minimum Gasteiger partial charge on any atom is -0.341 e. The molecule has 0 heterocycles. The van der Waals surface area contributed by atoms with Crippen LogP contribution < -0.4 is 5.32 Å². The Balaban J connectivity index is 3.14. The van der Waals surface area contributed by atoms with Gasteiger partial charge in [-0.05, 0) is 34.1 Å². The van der Waals surface area contributed by atoms with Crippen LogP contribution in [0.15, 0.2) is 40.2 Å². The van der Waals surface area contributed by atoms with Crippen LogP contribution in [0.4, 0.5) is 5.69 Å². The van der Waals surface area contributed by atoms with E-state index in [9.17, 15) is 8.42 Å². The summed E-state index contributed by atoms with van der Waals surface area (Å²) in [4.78, 5) is 0.230. The molecule has 0 atom stereocenters. The third kappa shape index (κ3) is 4.09. The molecule has 1 N–H and O–H groups in total. The molecule has 0 amide bonds. The summed E-state index contributed by atoms with van der Waals surface area (Å²) in [5, 5.41) is 2.81. The maximum atomic E-state index is 11.8. The monoisotopic (exact) mass is 351 g/mol. The second-order valence-corrected chi connectivity index (χ2v) is 7.16. The first-order chi connectivity index (χ1) is 7.86. The van der Waals surface area contributed by atoms with Crippen LogP contribution in [0.2, 0.25) is 0 Å². The number of sulfone groups is 1. The van der Waals surface area contributed by atoms with Crippen molar-refractivity contribution in [3.8, 4) is 0 Å². The van der Waals surface area contributed by atoms with Crippen LogP contribution in [-0.4, -0.2) is 18.5 Å². The average molecular weight is 352 g/mol. The molecule has 0 bridgehead atoms. The molecule has 0 aliphatic rings. The number of hydrogen-bond acceptors (Lipinski definition) is 3. The molecule has 0 unspecified atom stereocenters. The lowest BCUT2D eigenvalue weighted by atomic mass is 10.3. The van der Waals surface area contributed by atoms with Crippen molar-refractivity contribution < 1.29 is 8.42 Å². The number of anilines is 1. The summed E-state index contributed by atoms with van der Waals surface area (Å²) in [5.41, 5.74) is 0.675. The maximum Gasteiger partial charge on any atom is 0.183 e. The smallest absolute Gasteiger partial charge is 0.183 e. The Labute approximate surface area is 120 Å². The second-order valence-electron chi connectivity index (χ2n) is 3.15. The van der Waals surface area contributed by atoms with Gasteiger partial charge < -0.3 is 5.32 Å². The zero-order valence-electron chi connectivity index (χ0n) is 8.68. The molecule has 0 aromatic heterocycles. The van der Waals surface area contributed by atoms with Crippen molar-refractivity contribution in [3.05, 3.63) is 35.3 Å². The summed E-state index contributed by atoms with van der Waals surface area (Å²) < 4.78 is 24.4. The van der Waals surface area contributed by atoms with E-state index < -0.39 is 9.84 Å². The summed E-state index contributed by atoms with van der Waals surface area (Å²) in [6, 6.07) is 4.78. The first-order valence-corrected chi connectivity index (χ1v) is 7.80. The van der Waals surface area contributed by atoms with Gasteiger partial charge in [-0.2, -0.15) is 0 Å². The maximum absolute atomic E-state index is 11.8. The summed E-state index contributed by atoms with van der Waals surface area (Å²) in [5.74, 6) is -0.0939. The van der Waals surface area contributed by atoms with E-state index in [1.165, 1.54) is 12.1 Å². The topological polar surface area (TPSA) is 46.2 Å². The molecular formula is C10H10BrNO2S3. The molecule has 0 saturated carbocycles. The molecule has 1 aromatic carbocycles. The van der Waals surface area contributed by atoms with Gasteiger partial charge in [0.2, 0.25) is 0 Å². The SMILES string of the molecule is C=CCS(=O)(=O)c1ccc(NC(=S)S)cc1Br. The zero-order valence-corrected chi connectivity index (χ0v) is 12.8. The summed E-state index contributed by atoms with van der Waals surface area (Å²) >= 11 is 11.9. The van der Waals surface area contributed by atoms with Crippen LogP contribution in [0.3, 0.4) is 0 Å². The molecule has 0 saturated heterocycles. The Morgan fingerprint density at radius 3 is 2.71 bits per heavy atom. The molecule has 1 rings (SSSR count). The van der Waals surface area contributed by atoms with E-state index in [0.717, 1.165) is 0 Å². The van der Waals surface area contributed by atoms with Crippen molar-refractivity contribution in [1.82, 2.24) is 0 Å². The summed E-state index contributed by atoms with van der Waals surface area (Å²) in [6.07, 6.45) is 1.36. The minimum absolute atomic E-state index is 0.0939. The lowest BCUT2D eigenvalue weighted by molar-refractivity contribution is 0.598. The van der Waals surface area contributed by atoms with Crippen molar-refractivity contribution >= 4 is 60.6 Å².